The number of aliphatic carboxylic acids is 1. The van der Waals surface area contributed by atoms with Crippen LogP contribution in [0.2, 0.25) is 0 Å². The topological polar surface area (TPSA) is 76.1 Å². The van der Waals surface area contributed by atoms with E-state index >= 15 is 0 Å². The smallest absolute Gasteiger partial charge is 0.410 e. The number of rotatable bonds is 4. The van der Waals surface area contributed by atoms with Gasteiger partial charge in [0.05, 0.1) is 12.6 Å². The Kier molecular flexibility index (Phi) is 4.30. The molecule has 16 heavy (non-hydrogen) atoms. The van der Waals surface area contributed by atoms with Crippen LogP contribution in [-0.2, 0) is 14.3 Å². The Morgan fingerprint density at radius 3 is 2.81 bits per heavy atom. The molecule has 0 saturated carbocycles. The van der Waals surface area contributed by atoms with Gasteiger partial charge in [0.2, 0.25) is 0 Å². The van der Waals surface area contributed by atoms with Gasteiger partial charge in [-0.1, -0.05) is 12.7 Å². The molecule has 1 amide bonds. The number of hydrogen-bond donors (Lipinski definition) is 1. The maximum absolute atomic E-state index is 11.5. The first-order valence-corrected chi connectivity index (χ1v) is 4.90. The van der Waals surface area contributed by atoms with E-state index in [1.807, 2.05) is 0 Å². The zero-order valence-electron chi connectivity index (χ0n) is 9.09. The molecular formula is C10H15NO5. The molecule has 1 aliphatic heterocycles. The molecule has 1 saturated heterocycles. The van der Waals surface area contributed by atoms with Crippen LogP contribution in [0.5, 0.6) is 0 Å². The number of amides is 1. The van der Waals surface area contributed by atoms with Crippen molar-refractivity contribution in [1.82, 2.24) is 4.90 Å². The molecule has 0 bridgehead atoms. The fourth-order valence-corrected chi connectivity index (χ4v) is 1.62. The predicted octanol–water partition coefficient (Wildman–Crippen LogP) is 0.483. The summed E-state index contributed by atoms with van der Waals surface area (Å²) in [6, 6.07) is -0.873. The molecule has 6 heteroatoms. The number of carboxylic acid groups (broad SMARTS) is 1. The lowest BCUT2D eigenvalue weighted by Gasteiger charge is -2.19. The van der Waals surface area contributed by atoms with Gasteiger partial charge in [-0.3, -0.25) is 4.90 Å². The summed E-state index contributed by atoms with van der Waals surface area (Å²) in [7, 11) is 1.49. The average Bonchev–Trinajstić information content (AvgIpc) is 2.70. The summed E-state index contributed by atoms with van der Waals surface area (Å²) >= 11 is 0. The maximum Gasteiger partial charge on any atom is 0.410 e. The lowest BCUT2D eigenvalue weighted by Crippen LogP contribution is -2.40. The third-order valence-electron chi connectivity index (χ3n) is 2.44. The van der Waals surface area contributed by atoms with Crippen LogP contribution in [0.4, 0.5) is 4.79 Å². The molecule has 1 fully saturated rings. The molecule has 1 aliphatic rings. The Balaban J connectivity index is 2.64. The minimum absolute atomic E-state index is 0.0688. The summed E-state index contributed by atoms with van der Waals surface area (Å²) in [5.41, 5.74) is 0. The molecule has 0 aromatic heterocycles. The molecule has 2 atom stereocenters. The number of carbonyl (C=O) groups excluding carboxylic acids is 1. The largest absolute Gasteiger partial charge is 0.480 e. The van der Waals surface area contributed by atoms with E-state index in [1.54, 1.807) is 0 Å². The number of nitrogens with zero attached hydrogens (tertiary/aromatic N) is 1. The third kappa shape index (κ3) is 2.73. The molecule has 0 unspecified atom stereocenters. The standard InChI is InChI=1S/C10H15NO5/c1-3-4-16-10(14)11-6-7(15-2)5-8(11)9(12)13/h3,7-8H,1,4-6H2,2H3,(H,12,13)/t7-,8+/m1/s1. The summed E-state index contributed by atoms with van der Waals surface area (Å²) in [4.78, 5) is 23.6. The van der Waals surface area contributed by atoms with E-state index in [4.69, 9.17) is 14.6 Å². The fraction of sp³-hybridized carbons (Fsp3) is 0.600. The Morgan fingerprint density at radius 1 is 1.62 bits per heavy atom. The average molecular weight is 229 g/mol. The molecule has 0 aromatic rings. The normalized spacial score (nSPS) is 24.2. The van der Waals surface area contributed by atoms with Gasteiger partial charge in [-0.25, -0.2) is 9.59 Å². The van der Waals surface area contributed by atoms with E-state index in [1.165, 1.54) is 18.1 Å². The predicted molar refractivity (Wildman–Crippen MR) is 55.1 cm³/mol. The Morgan fingerprint density at radius 2 is 2.31 bits per heavy atom. The van der Waals surface area contributed by atoms with Gasteiger partial charge in [-0.15, -0.1) is 0 Å². The van der Waals surface area contributed by atoms with E-state index in [-0.39, 0.29) is 25.7 Å². The van der Waals surface area contributed by atoms with Crippen molar-refractivity contribution in [2.24, 2.45) is 0 Å². The second kappa shape index (κ2) is 5.50. The fourth-order valence-electron chi connectivity index (χ4n) is 1.62. The first kappa shape index (κ1) is 12.5. The van der Waals surface area contributed by atoms with E-state index in [0.29, 0.717) is 0 Å². The Hall–Kier alpha value is -1.56. The zero-order chi connectivity index (χ0) is 12.1. The number of hydrogen-bond acceptors (Lipinski definition) is 4. The van der Waals surface area contributed by atoms with Crippen LogP contribution in [0.1, 0.15) is 6.42 Å². The van der Waals surface area contributed by atoms with Crippen molar-refractivity contribution in [3.63, 3.8) is 0 Å². The molecule has 0 radical (unpaired) electrons. The number of carbonyl (C=O) groups is 2. The van der Waals surface area contributed by atoms with Gasteiger partial charge in [0.15, 0.2) is 0 Å². The minimum Gasteiger partial charge on any atom is -0.480 e. The third-order valence-corrected chi connectivity index (χ3v) is 2.44. The summed E-state index contributed by atoms with van der Waals surface area (Å²) < 4.78 is 9.84. The molecule has 0 aliphatic carbocycles. The van der Waals surface area contributed by atoms with Gasteiger partial charge in [0.1, 0.15) is 12.6 Å². The highest BCUT2D eigenvalue weighted by atomic mass is 16.6. The van der Waals surface area contributed by atoms with E-state index < -0.39 is 18.1 Å². The molecule has 1 rings (SSSR count). The van der Waals surface area contributed by atoms with Crippen LogP contribution >= 0.6 is 0 Å². The monoisotopic (exact) mass is 229 g/mol. The van der Waals surface area contributed by atoms with Gasteiger partial charge in [-0.2, -0.15) is 0 Å². The second-order valence-electron chi connectivity index (χ2n) is 3.47. The summed E-state index contributed by atoms with van der Waals surface area (Å²) in [6.07, 6.45) is 0.816. The lowest BCUT2D eigenvalue weighted by atomic mass is 10.2. The number of likely N-dealkylation sites (tertiary alicyclic amines) is 1. The van der Waals surface area contributed by atoms with Crippen LogP contribution in [0.3, 0.4) is 0 Å². The van der Waals surface area contributed by atoms with Gasteiger partial charge in [0, 0.05) is 13.5 Å². The van der Waals surface area contributed by atoms with E-state index in [2.05, 4.69) is 6.58 Å². The molecule has 6 nitrogen and oxygen atoms in total. The van der Waals surface area contributed by atoms with E-state index in [9.17, 15) is 9.59 Å². The van der Waals surface area contributed by atoms with Gasteiger partial charge in [0.25, 0.3) is 0 Å². The van der Waals surface area contributed by atoms with Crippen LogP contribution in [0.25, 0.3) is 0 Å². The van der Waals surface area contributed by atoms with Crippen molar-refractivity contribution in [1.29, 1.82) is 0 Å². The maximum atomic E-state index is 11.5. The number of ether oxygens (including phenoxy) is 2. The van der Waals surface area contributed by atoms with E-state index in [0.717, 1.165) is 0 Å². The lowest BCUT2D eigenvalue weighted by molar-refractivity contribution is -0.141. The van der Waals surface area contributed by atoms with Crippen LogP contribution in [0.15, 0.2) is 12.7 Å². The van der Waals surface area contributed by atoms with Crippen molar-refractivity contribution in [2.75, 3.05) is 20.3 Å². The number of methoxy groups -OCH3 is 1. The SMILES string of the molecule is C=CCOC(=O)N1C[C@H](OC)C[C@H]1C(=O)O. The highest BCUT2D eigenvalue weighted by Crippen LogP contribution is 2.21. The van der Waals surface area contributed by atoms with Gasteiger partial charge >= 0.3 is 12.1 Å². The molecule has 0 aromatic carbocycles. The molecule has 1 heterocycles. The Labute approximate surface area is 93.4 Å². The van der Waals surface area contributed by atoms with Crippen molar-refractivity contribution >= 4 is 12.1 Å². The molecule has 90 valence electrons. The van der Waals surface area contributed by atoms with Gasteiger partial charge < -0.3 is 14.6 Å². The van der Waals surface area contributed by atoms with Gasteiger partial charge in [-0.05, 0) is 0 Å². The number of carboxylic acids is 1. The summed E-state index contributed by atoms with van der Waals surface area (Å²) in [6.45, 7) is 3.72. The van der Waals surface area contributed by atoms with Crippen molar-refractivity contribution in [3.05, 3.63) is 12.7 Å². The molecular weight excluding hydrogens is 214 g/mol. The van der Waals surface area contributed by atoms with Crippen LogP contribution in [0, 0.1) is 0 Å². The molecule has 0 spiro atoms. The van der Waals surface area contributed by atoms with Crippen molar-refractivity contribution in [2.45, 2.75) is 18.6 Å². The van der Waals surface area contributed by atoms with Crippen molar-refractivity contribution in [3.8, 4) is 0 Å². The summed E-state index contributed by atoms with van der Waals surface area (Å²) in [5, 5.41) is 8.95. The quantitative estimate of drug-likeness (QED) is 0.710. The van der Waals surface area contributed by atoms with Crippen LogP contribution < -0.4 is 0 Å². The van der Waals surface area contributed by atoms with Crippen LogP contribution in [-0.4, -0.2) is 54.5 Å². The highest BCUT2D eigenvalue weighted by molar-refractivity contribution is 5.80. The first-order valence-electron chi connectivity index (χ1n) is 4.90. The first-order chi connectivity index (χ1) is 7.60. The minimum atomic E-state index is -1.05. The molecule has 1 N–H and O–H groups in total. The highest BCUT2D eigenvalue weighted by Gasteiger charge is 2.40. The van der Waals surface area contributed by atoms with Crippen molar-refractivity contribution < 1.29 is 24.2 Å². The zero-order valence-corrected chi connectivity index (χ0v) is 9.09. The Bertz CT molecular complexity index is 291. The second-order valence-corrected chi connectivity index (χ2v) is 3.47. The summed E-state index contributed by atoms with van der Waals surface area (Å²) in [5.74, 6) is -1.05.